The van der Waals surface area contributed by atoms with Crippen molar-refractivity contribution in [1.82, 2.24) is 0 Å². The van der Waals surface area contributed by atoms with Crippen LogP contribution in [0.5, 0.6) is 11.5 Å². The molecule has 0 fully saturated rings. The van der Waals surface area contributed by atoms with Crippen molar-refractivity contribution in [2.24, 2.45) is 0 Å². The van der Waals surface area contributed by atoms with Crippen LogP contribution in [-0.2, 0) is 6.42 Å². The van der Waals surface area contributed by atoms with E-state index in [1.54, 1.807) is 0 Å². The van der Waals surface area contributed by atoms with Gasteiger partial charge in [-0.15, -0.1) is 0 Å². The predicted octanol–water partition coefficient (Wildman–Crippen LogP) is 0.930. The highest BCUT2D eigenvalue weighted by molar-refractivity contribution is 5.44. The Labute approximate surface area is 90.4 Å². The highest BCUT2D eigenvalue weighted by Gasteiger charge is 2.14. The van der Waals surface area contributed by atoms with Gasteiger partial charge in [-0.2, -0.15) is 0 Å². The quantitative estimate of drug-likeness (QED) is 0.799. The molecule has 0 spiro atoms. The summed E-state index contributed by atoms with van der Waals surface area (Å²) < 4.78 is 10.6. The molecule has 0 radical (unpaired) electrons. The molecule has 2 rings (SSSR count). The minimum absolute atomic E-state index is 0.357. The van der Waals surface area contributed by atoms with Crippen LogP contribution in [0.2, 0.25) is 0 Å². The van der Waals surface area contributed by atoms with E-state index in [1.165, 1.54) is 5.56 Å². The third-order valence-electron chi connectivity index (χ3n) is 2.63. The minimum atomic E-state index is 0.357. The first kappa shape index (κ1) is 10.3. The van der Waals surface area contributed by atoms with Crippen LogP contribution in [-0.4, -0.2) is 19.4 Å². The SMILES string of the molecule is CC[NH2+][C@H](C)Cc1ccc2c(c1)OCO2. The Balaban J connectivity index is 2.03. The molecule has 0 aliphatic carbocycles. The van der Waals surface area contributed by atoms with Crippen LogP contribution < -0.4 is 14.8 Å². The Morgan fingerprint density at radius 3 is 2.93 bits per heavy atom. The zero-order valence-corrected chi connectivity index (χ0v) is 9.32. The van der Waals surface area contributed by atoms with Gasteiger partial charge >= 0.3 is 0 Å². The maximum Gasteiger partial charge on any atom is 0.231 e. The summed E-state index contributed by atoms with van der Waals surface area (Å²) in [6.07, 6.45) is 1.07. The van der Waals surface area contributed by atoms with E-state index in [4.69, 9.17) is 9.47 Å². The van der Waals surface area contributed by atoms with E-state index in [2.05, 4.69) is 31.3 Å². The number of ether oxygens (including phenoxy) is 2. The average molecular weight is 208 g/mol. The second-order valence-electron chi connectivity index (χ2n) is 4.01. The predicted molar refractivity (Wildman–Crippen MR) is 58.2 cm³/mol. The van der Waals surface area contributed by atoms with Gasteiger partial charge in [-0.25, -0.2) is 0 Å². The molecule has 1 heterocycles. The first-order valence-electron chi connectivity index (χ1n) is 5.51. The van der Waals surface area contributed by atoms with Crippen molar-refractivity contribution in [3.63, 3.8) is 0 Å². The standard InChI is InChI=1S/C12H17NO2/c1-3-13-9(2)6-10-4-5-11-12(7-10)15-8-14-11/h4-5,7,9,13H,3,6,8H2,1-2H3/p+1/t9-/m1/s1. The smallest absolute Gasteiger partial charge is 0.231 e. The van der Waals surface area contributed by atoms with Crippen molar-refractivity contribution < 1.29 is 14.8 Å². The number of quaternary nitrogens is 1. The first-order valence-corrected chi connectivity index (χ1v) is 5.51. The van der Waals surface area contributed by atoms with Gasteiger partial charge in [0.15, 0.2) is 11.5 Å². The summed E-state index contributed by atoms with van der Waals surface area (Å²) in [5, 5.41) is 2.34. The third kappa shape index (κ3) is 2.42. The van der Waals surface area contributed by atoms with Crippen molar-refractivity contribution in [1.29, 1.82) is 0 Å². The van der Waals surface area contributed by atoms with Gasteiger partial charge in [0, 0.05) is 6.42 Å². The summed E-state index contributed by atoms with van der Waals surface area (Å²) in [4.78, 5) is 0. The Hall–Kier alpha value is -1.22. The van der Waals surface area contributed by atoms with Crippen LogP contribution in [0.3, 0.4) is 0 Å². The van der Waals surface area contributed by atoms with Crippen LogP contribution in [0, 0.1) is 0 Å². The fourth-order valence-corrected chi connectivity index (χ4v) is 1.93. The van der Waals surface area contributed by atoms with E-state index in [9.17, 15) is 0 Å². The van der Waals surface area contributed by atoms with Gasteiger partial charge in [0.05, 0.1) is 12.6 Å². The summed E-state index contributed by atoms with van der Waals surface area (Å²) >= 11 is 0. The van der Waals surface area contributed by atoms with E-state index in [1.807, 2.05) is 6.07 Å². The molecular weight excluding hydrogens is 190 g/mol. The molecule has 2 N–H and O–H groups in total. The molecule has 3 heteroatoms. The fraction of sp³-hybridized carbons (Fsp3) is 0.500. The molecule has 0 saturated carbocycles. The number of nitrogens with two attached hydrogens (primary N) is 1. The minimum Gasteiger partial charge on any atom is -0.454 e. The zero-order chi connectivity index (χ0) is 10.7. The van der Waals surface area contributed by atoms with E-state index >= 15 is 0 Å². The van der Waals surface area contributed by atoms with Gasteiger partial charge in [-0.1, -0.05) is 6.07 Å². The molecule has 0 amide bonds. The van der Waals surface area contributed by atoms with Crippen molar-refractivity contribution in [2.45, 2.75) is 26.3 Å². The lowest BCUT2D eigenvalue weighted by Gasteiger charge is -2.09. The molecule has 0 unspecified atom stereocenters. The molecule has 0 bridgehead atoms. The molecule has 82 valence electrons. The van der Waals surface area contributed by atoms with Gasteiger partial charge < -0.3 is 14.8 Å². The van der Waals surface area contributed by atoms with Crippen molar-refractivity contribution in [3.05, 3.63) is 23.8 Å². The van der Waals surface area contributed by atoms with Crippen molar-refractivity contribution in [2.75, 3.05) is 13.3 Å². The normalized spacial score (nSPS) is 15.3. The molecule has 1 aliphatic rings. The molecule has 0 aromatic heterocycles. The zero-order valence-electron chi connectivity index (χ0n) is 9.32. The van der Waals surface area contributed by atoms with Crippen LogP contribution in [0.25, 0.3) is 0 Å². The largest absolute Gasteiger partial charge is 0.454 e. The summed E-state index contributed by atoms with van der Waals surface area (Å²) in [5.41, 5.74) is 1.32. The highest BCUT2D eigenvalue weighted by Crippen LogP contribution is 2.32. The van der Waals surface area contributed by atoms with Gasteiger partial charge in [0.2, 0.25) is 6.79 Å². The second kappa shape index (κ2) is 4.53. The van der Waals surface area contributed by atoms with Gasteiger partial charge in [0.1, 0.15) is 0 Å². The molecule has 15 heavy (non-hydrogen) atoms. The number of fused-ring (bicyclic) bond motifs is 1. The lowest BCUT2D eigenvalue weighted by Crippen LogP contribution is -2.89. The number of likely N-dealkylation sites (N-methyl/N-ethyl adjacent to an activating group) is 1. The molecular formula is C12H18NO2+. The molecule has 3 nitrogen and oxygen atoms in total. The fourth-order valence-electron chi connectivity index (χ4n) is 1.93. The lowest BCUT2D eigenvalue weighted by molar-refractivity contribution is -0.682. The van der Waals surface area contributed by atoms with E-state index in [-0.39, 0.29) is 0 Å². The number of hydrogen-bond acceptors (Lipinski definition) is 2. The van der Waals surface area contributed by atoms with E-state index < -0.39 is 0 Å². The molecule has 1 atom stereocenters. The third-order valence-corrected chi connectivity index (χ3v) is 2.63. The van der Waals surface area contributed by atoms with Crippen LogP contribution in [0.4, 0.5) is 0 Å². The number of rotatable bonds is 4. The Bertz CT molecular complexity index is 338. The summed E-state index contributed by atoms with van der Waals surface area (Å²) in [7, 11) is 0. The van der Waals surface area contributed by atoms with Gasteiger partial charge in [-0.05, 0) is 31.5 Å². The molecule has 1 aromatic carbocycles. The van der Waals surface area contributed by atoms with Crippen molar-refractivity contribution >= 4 is 0 Å². The summed E-state index contributed by atoms with van der Waals surface area (Å²) in [5.74, 6) is 1.75. The Morgan fingerprint density at radius 1 is 1.33 bits per heavy atom. The number of benzene rings is 1. The topological polar surface area (TPSA) is 35.1 Å². The van der Waals surface area contributed by atoms with Crippen molar-refractivity contribution in [3.8, 4) is 11.5 Å². The van der Waals surface area contributed by atoms with Crippen LogP contribution in [0.15, 0.2) is 18.2 Å². The van der Waals surface area contributed by atoms with Crippen LogP contribution in [0.1, 0.15) is 19.4 Å². The second-order valence-corrected chi connectivity index (χ2v) is 4.01. The Morgan fingerprint density at radius 2 is 2.13 bits per heavy atom. The van der Waals surface area contributed by atoms with E-state index in [0.717, 1.165) is 24.5 Å². The summed E-state index contributed by atoms with van der Waals surface area (Å²) in [6, 6.07) is 6.82. The van der Waals surface area contributed by atoms with Crippen LogP contribution >= 0.6 is 0 Å². The highest BCUT2D eigenvalue weighted by atomic mass is 16.7. The maximum absolute atomic E-state index is 5.35. The molecule has 0 saturated heterocycles. The van der Waals surface area contributed by atoms with Gasteiger partial charge in [0.25, 0.3) is 0 Å². The molecule has 1 aliphatic heterocycles. The number of hydrogen-bond donors (Lipinski definition) is 1. The lowest BCUT2D eigenvalue weighted by atomic mass is 10.1. The monoisotopic (exact) mass is 208 g/mol. The summed E-state index contributed by atoms with van der Waals surface area (Å²) in [6.45, 7) is 5.91. The van der Waals surface area contributed by atoms with Gasteiger partial charge in [-0.3, -0.25) is 0 Å². The first-order chi connectivity index (χ1) is 7.29. The van der Waals surface area contributed by atoms with E-state index in [0.29, 0.717) is 12.8 Å². The maximum atomic E-state index is 5.35. The average Bonchev–Trinajstić information content (AvgIpc) is 2.65. The molecule has 1 aromatic rings. The Kier molecular flexibility index (Phi) is 3.11.